The molecule has 5 nitrogen and oxygen atoms in total. The Balaban J connectivity index is 0.000000218. The van der Waals surface area contributed by atoms with Crippen molar-refractivity contribution in [2.24, 2.45) is 17.0 Å². The zero-order valence-corrected chi connectivity index (χ0v) is 12.4. The van der Waals surface area contributed by atoms with Gasteiger partial charge < -0.3 is 19.6 Å². The van der Waals surface area contributed by atoms with Gasteiger partial charge in [0.2, 0.25) is 0 Å². The second-order valence-electron chi connectivity index (χ2n) is 5.84. The second kappa shape index (κ2) is 7.60. The van der Waals surface area contributed by atoms with Gasteiger partial charge in [-0.25, -0.2) is 0 Å². The highest BCUT2D eigenvalue weighted by Gasteiger charge is 2.29. The van der Waals surface area contributed by atoms with Gasteiger partial charge in [-0.2, -0.15) is 0 Å². The average molecular weight is 270 g/mol. The Labute approximate surface area is 115 Å². The summed E-state index contributed by atoms with van der Waals surface area (Å²) in [6.07, 6.45) is 2.65. The maximum Gasteiger partial charge on any atom is 0.142 e. The number of rotatable bonds is 3. The van der Waals surface area contributed by atoms with Gasteiger partial charge in [-0.05, 0) is 26.3 Å². The molecule has 19 heavy (non-hydrogen) atoms. The van der Waals surface area contributed by atoms with Crippen LogP contribution in [0.25, 0.3) is 0 Å². The summed E-state index contributed by atoms with van der Waals surface area (Å²) in [6, 6.07) is 0. The normalized spacial score (nSPS) is 28.4. The highest BCUT2D eigenvalue weighted by atomic mass is 16.6. The fraction of sp³-hybridized carbons (Fsp3) is 0.857. The van der Waals surface area contributed by atoms with Crippen molar-refractivity contribution >= 4 is 12.0 Å². The first kappa shape index (κ1) is 16.1. The van der Waals surface area contributed by atoms with Gasteiger partial charge in [-0.1, -0.05) is 19.0 Å². The van der Waals surface area contributed by atoms with Gasteiger partial charge in [0, 0.05) is 19.5 Å². The molecular formula is C14H26N2O3. The highest BCUT2D eigenvalue weighted by Crippen LogP contribution is 2.23. The van der Waals surface area contributed by atoms with Crippen molar-refractivity contribution in [2.45, 2.75) is 45.8 Å². The van der Waals surface area contributed by atoms with Gasteiger partial charge in [0.1, 0.15) is 12.4 Å². The zero-order chi connectivity index (χ0) is 14.4. The average Bonchev–Trinajstić information content (AvgIpc) is 2.89. The maximum absolute atomic E-state index is 10.7. The number of likely N-dealkylation sites (N-methyl/N-ethyl adjacent to an activating group) is 1. The molecule has 1 saturated heterocycles. The van der Waals surface area contributed by atoms with Crippen LogP contribution in [0.3, 0.4) is 0 Å². The molecule has 3 atom stereocenters. The number of aliphatic hydroxyl groups is 1. The molecule has 110 valence electrons. The van der Waals surface area contributed by atoms with Gasteiger partial charge in [0.25, 0.3) is 0 Å². The van der Waals surface area contributed by atoms with Crippen LogP contribution in [-0.4, -0.2) is 54.3 Å². The van der Waals surface area contributed by atoms with Crippen LogP contribution in [0.5, 0.6) is 0 Å². The first-order valence-electron chi connectivity index (χ1n) is 6.95. The van der Waals surface area contributed by atoms with Crippen molar-refractivity contribution in [1.29, 1.82) is 0 Å². The largest absolute Gasteiger partial charge is 0.392 e. The predicted octanol–water partition coefficient (Wildman–Crippen LogP) is 1.31. The minimum absolute atomic E-state index is 0.0220. The summed E-state index contributed by atoms with van der Waals surface area (Å²) < 4.78 is 0. The lowest BCUT2D eigenvalue weighted by Gasteiger charge is -2.18. The van der Waals surface area contributed by atoms with E-state index in [0.717, 1.165) is 37.9 Å². The third kappa shape index (κ3) is 5.28. The van der Waals surface area contributed by atoms with E-state index in [1.54, 1.807) is 0 Å². The number of hydrogen-bond donors (Lipinski definition) is 1. The van der Waals surface area contributed by atoms with Crippen LogP contribution in [-0.2, 0) is 9.63 Å². The van der Waals surface area contributed by atoms with Crippen molar-refractivity contribution in [3.8, 4) is 0 Å². The van der Waals surface area contributed by atoms with Crippen LogP contribution >= 0.6 is 0 Å². The Kier molecular flexibility index (Phi) is 6.45. The summed E-state index contributed by atoms with van der Waals surface area (Å²) in [7, 11) is 2.02. The second-order valence-corrected chi connectivity index (χ2v) is 5.84. The molecule has 0 saturated carbocycles. The topological polar surface area (TPSA) is 62.1 Å². The van der Waals surface area contributed by atoms with Gasteiger partial charge in [-0.15, -0.1) is 0 Å². The smallest absolute Gasteiger partial charge is 0.142 e. The summed E-state index contributed by atoms with van der Waals surface area (Å²) in [5.74, 6) is 0.305. The Morgan fingerprint density at radius 1 is 1.53 bits per heavy atom. The van der Waals surface area contributed by atoms with Gasteiger partial charge in [0.15, 0.2) is 0 Å². The molecular weight excluding hydrogens is 244 g/mol. The molecule has 0 aromatic heterocycles. The minimum Gasteiger partial charge on any atom is -0.392 e. The van der Waals surface area contributed by atoms with E-state index in [9.17, 15) is 4.79 Å². The number of carbonyl (C=O) groups is 1. The molecule has 2 aliphatic rings. The van der Waals surface area contributed by atoms with Crippen molar-refractivity contribution < 1.29 is 14.7 Å². The number of likely N-dealkylation sites (tertiary alicyclic amines) is 1. The number of β-amino-alcohol motifs (C(OH)–C–C–N with tert-alkyl or cyclic N) is 1. The Morgan fingerprint density at radius 3 is 2.47 bits per heavy atom. The molecule has 0 aliphatic carbocycles. The summed E-state index contributed by atoms with van der Waals surface area (Å²) in [5.41, 5.74) is 0.979. The Morgan fingerprint density at radius 2 is 2.21 bits per heavy atom. The van der Waals surface area contributed by atoms with E-state index in [1.807, 2.05) is 27.8 Å². The van der Waals surface area contributed by atoms with Crippen LogP contribution < -0.4 is 0 Å². The Bertz CT molecular complexity index is 310. The van der Waals surface area contributed by atoms with Crippen LogP contribution in [0, 0.1) is 11.8 Å². The number of carbonyl (C=O) groups excluding carboxylic acids is 1. The van der Waals surface area contributed by atoms with E-state index >= 15 is 0 Å². The van der Waals surface area contributed by atoms with Gasteiger partial charge >= 0.3 is 0 Å². The van der Waals surface area contributed by atoms with E-state index in [1.165, 1.54) is 0 Å². The fourth-order valence-electron chi connectivity index (χ4n) is 2.32. The number of aliphatic hydroxyl groups excluding tert-OH is 1. The predicted molar refractivity (Wildman–Crippen MR) is 75.1 cm³/mol. The van der Waals surface area contributed by atoms with Crippen molar-refractivity contribution in [2.75, 3.05) is 20.1 Å². The molecule has 2 rings (SSSR count). The van der Waals surface area contributed by atoms with Gasteiger partial charge in [-0.3, -0.25) is 0 Å². The quantitative estimate of drug-likeness (QED) is 0.785. The molecule has 2 heterocycles. The molecule has 0 amide bonds. The fourth-order valence-corrected chi connectivity index (χ4v) is 2.32. The third-order valence-electron chi connectivity index (χ3n) is 3.56. The van der Waals surface area contributed by atoms with Crippen molar-refractivity contribution in [3.05, 3.63) is 0 Å². The van der Waals surface area contributed by atoms with Crippen LogP contribution in [0.1, 0.15) is 33.6 Å². The lowest BCUT2D eigenvalue weighted by Crippen LogP contribution is -2.26. The molecule has 0 bridgehead atoms. The number of hydrogen-bond acceptors (Lipinski definition) is 5. The molecule has 0 aromatic rings. The molecule has 0 radical (unpaired) electrons. The third-order valence-corrected chi connectivity index (χ3v) is 3.56. The first-order valence-corrected chi connectivity index (χ1v) is 6.95. The summed E-state index contributed by atoms with van der Waals surface area (Å²) in [5, 5.41) is 12.7. The van der Waals surface area contributed by atoms with E-state index < -0.39 is 0 Å². The maximum atomic E-state index is 10.7. The zero-order valence-electron chi connectivity index (χ0n) is 12.4. The van der Waals surface area contributed by atoms with E-state index in [2.05, 4.69) is 10.1 Å². The number of aldehydes is 1. The highest BCUT2D eigenvalue weighted by molar-refractivity contribution is 5.83. The number of nitrogens with zero attached hydrogens (tertiary/aromatic N) is 2. The molecule has 0 spiro atoms. The molecule has 3 unspecified atom stereocenters. The lowest BCUT2D eigenvalue weighted by molar-refractivity contribution is -0.117. The Hall–Kier alpha value is -0.940. The molecule has 1 N–H and O–H groups in total. The van der Waals surface area contributed by atoms with Crippen LogP contribution in [0.4, 0.5) is 0 Å². The molecule has 0 aromatic carbocycles. The van der Waals surface area contributed by atoms with E-state index in [0.29, 0.717) is 5.92 Å². The standard InChI is InChI=1S/C9H15NO2.C5H11NO/c1-6(2)8(5-11)9-4-7(3)10-12-9;1-6-3-2-5(7)4-6/h5-6,8-9H,4H2,1-3H3;5,7H,2-4H2,1H3. The summed E-state index contributed by atoms with van der Waals surface area (Å²) >= 11 is 0. The summed E-state index contributed by atoms with van der Waals surface area (Å²) in [4.78, 5) is 18.0. The summed E-state index contributed by atoms with van der Waals surface area (Å²) in [6.45, 7) is 7.88. The van der Waals surface area contributed by atoms with Crippen LogP contribution in [0.15, 0.2) is 5.16 Å². The van der Waals surface area contributed by atoms with E-state index in [-0.39, 0.29) is 18.1 Å². The van der Waals surface area contributed by atoms with E-state index in [4.69, 9.17) is 9.94 Å². The van der Waals surface area contributed by atoms with Crippen molar-refractivity contribution in [1.82, 2.24) is 4.90 Å². The number of oxime groups is 1. The SMILES string of the molecule is CC1=NOC(C(C=O)C(C)C)C1.CN1CCC(O)C1. The monoisotopic (exact) mass is 270 g/mol. The van der Waals surface area contributed by atoms with Gasteiger partial charge in [0.05, 0.1) is 17.7 Å². The molecule has 1 fully saturated rings. The molecule has 2 aliphatic heterocycles. The van der Waals surface area contributed by atoms with Crippen molar-refractivity contribution in [3.63, 3.8) is 0 Å². The minimum atomic E-state index is -0.0509. The van der Waals surface area contributed by atoms with Crippen LogP contribution in [0.2, 0.25) is 0 Å². The first-order chi connectivity index (χ1) is 8.93. The lowest BCUT2D eigenvalue weighted by atomic mass is 9.89. The molecule has 5 heteroatoms.